The number of hydrogen-bond acceptors (Lipinski definition) is 6. The molecule has 0 radical (unpaired) electrons. The van der Waals surface area contributed by atoms with Crippen molar-refractivity contribution in [3.8, 4) is 28.5 Å². The number of rotatable bonds is 4. The summed E-state index contributed by atoms with van der Waals surface area (Å²) < 4.78 is 16.7. The van der Waals surface area contributed by atoms with E-state index < -0.39 is 6.10 Å². The molecule has 1 amide bonds. The van der Waals surface area contributed by atoms with Crippen molar-refractivity contribution < 1.29 is 19.0 Å². The van der Waals surface area contributed by atoms with Crippen LogP contribution in [0, 0.1) is 13.8 Å². The van der Waals surface area contributed by atoms with Crippen molar-refractivity contribution >= 4 is 22.4 Å². The number of hydrogen-bond donors (Lipinski definition) is 1. The summed E-state index contributed by atoms with van der Waals surface area (Å²) in [6, 6.07) is 13.2. The van der Waals surface area contributed by atoms with Gasteiger partial charge in [0.15, 0.2) is 16.6 Å². The van der Waals surface area contributed by atoms with Crippen molar-refractivity contribution in [2.75, 3.05) is 19.0 Å². The maximum absolute atomic E-state index is 12.6. The van der Waals surface area contributed by atoms with E-state index in [1.807, 2.05) is 50.2 Å². The number of carbonyl (C=O) groups is 1. The molecule has 0 saturated carbocycles. The van der Waals surface area contributed by atoms with Crippen molar-refractivity contribution in [2.24, 2.45) is 0 Å². The van der Waals surface area contributed by atoms with Crippen molar-refractivity contribution in [2.45, 2.75) is 20.0 Å². The van der Waals surface area contributed by atoms with Crippen LogP contribution in [0.1, 0.15) is 10.4 Å². The first-order chi connectivity index (χ1) is 13.5. The van der Waals surface area contributed by atoms with Crippen molar-refractivity contribution in [1.29, 1.82) is 0 Å². The molecule has 1 N–H and O–H groups in total. The van der Waals surface area contributed by atoms with Gasteiger partial charge in [-0.3, -0.25) is 10.1 Å². The van der Waals surface area contributed by atoms with Gasteiger partial charge >= 0.3 is 0 Å². The third-order valence-electron chi connectivity index (χ3n) is 4.50. The molecule has 6 nitrogen and oxygen atoms in total. The predicted molar refractivity (Wildman–Crippen MR) is 109 cm³/mol. The Balaban J connectivity index is 1.50. The largest absolute Gasteiger partial charge is 0.496 e. The van der Waals surface area contributed by atoms with Gasteiger partial charge in [0.05, 0.1) is 12.8 Å². The molecule has 2 aromatic carbocycles. The molecule has 0 aliphatic carbocycles. The third-order valence-corrected chi connectivity index (χ3v) is 5.38. The Morgan fingerprint density at radius 3 is 2.75 bits per heavy atom. The number of ether oxygens (including phenoxy) is 3. The van der Waals surface area contributed by atoms with Crippen LogP contribution < -0.4 is 19.5 Å². The first-order valence-electron chi connectivity index (χ1n) is 8.87. The summed E-state index contributed by atoms with van der Waals surface area (Å²) in [4.78, 5) is 18.2. The molecule has 3 aromatic rings. The number of methoxy groups -OCH3 is 1. The average Bonchev–Trinajstić information content (AvgIpc) is 3.07. The van der Waals surface area contributed by atoms with E-state index >= 15 is 0 Å². The standard InChI is InChI=1S/C21H20N2O4S/c1-12-10-14(8-9-15(12)25-3)19-13(2)28-21(22-19)23-20(24)18-11-26-16-6-4-5-7-17(16)27-18/h4-10,18H,11H2,1-3H3,(H,22,23,24). The third kappa shape index (κ3) is 3.53. The molecule has 1 aliphatic heterocycles. The maximum atomic E-state index is 12.6. The molecule has 0 spiro atoms. The molecule has 1 aromatic heterocycles. The van der Waals surface area contributed by atoms with Gasteiger partial charge in [-0.25, -0.2) is 4.98 Å². The van der Waals surface area contributed by atoms with Gasteiger partial charge in [0.1, 0.15) is 12.4 Å². The second-order valence-electron chi connectivity index (χ2n) is 6.46. The highest BCUT2D eigenvalue weighted by molar-refractivity contribution is 7.16. The van der Waals surface area contributed by atoms with Gasteiger partial charge in [-0.15, -0.1) is 11.3 Å². The summed E-state index contributed by atoms with van der Waals surface area (Å²) in [5.41, 5.74) is 2.86. The Morgan fingerprint density at radius 1 is 1.21 bits per heavy atom. The summed E-state index contributed by atoms with van der Waals surface area (Å²) in [5, 5.41) is 3.38. The van der Waals surface area contributed by atoms with Crippen molar-refractivity contribution in [3.63, 3.8) is 0 Å². The Bertz CT molecular complexity index is 1030. The summed E-state index contributed by atoms with van der Waals surface area (Å²) in [5.74, 6) is 1.77. The summed E-state index contributed by atoms with van der Waals surface area (Å²) in [6.45, 7) is 4.14. The number of benzene rings is 2. The first kappa shape index (κ1) is 18.3. The summed E-state index contributed by atoms with van der Waals surface area (Å²) >= 11 is 1.43. The van der Waals surface area contributed by atoms with Crippen molar-refractivity contribution in [1.82, 2.24) is 4.98 Å². The quantitative estimate of drug-likeness (QED) is 0.715. The van der Waals surface area contributed by atoms with E-state index in [-0.39, 0.29) is 12.5 Å². The van der Waals surface area contributed by atoms with E-state index in [0.29, 0.717) is 16.6 Å². The molecule has 1 atom stereocenters. The maximum Gasteiger partial charge on any atom is 0.270 e. The lowest BCUT2D eigenvalue weighted by Crippen LogP contribution is -2.40. The molecule has 0 bridgehead atoms. The lowest BCUT2D eigenvalue weighted by molar-refractivity contribution is -0.125. The van der Waals surface area contributed by atoms with Crippen LogP contribution in [0.5, 0.6) is 17.2 Å². The van der Waals surface area contributed by atoms with Crippen LogP contribution in [0.25, 0.3) is 11.3 Å². The normalized spacial score (nSPS) is 15.2. The van der Waals surface area contributed by atoms with Crippen molar-refractivity contribution in [3.05, 3.63) is 52.9 Å². The van der Waals surface area contributed by atoms with E-state index in [4.69, 9.17) is 14.2 Å². The molecule has 144 valence electrons. The summed E-state index contributed by atoms with van der Waals surface area (Å²) in [7, 11) is 1.65. The van der Waals surface area contributed by atoms with Gasteiger partial charge in [-0.2, -0.15) is 0 Å². The van der Waals surface area contributed by atoms with Crippen LogP contribution in [0.15, 0.2) is 42.5 Å². The van der Waals surface area contributed by atoms with E-state index in [1.54, 1.807) is 13.2 Å². The molecule has 7 heteroatoms. The highest BCUT2D eigenvalue weighted by atomic mass is 32.1. The second kappa shape index (κ2) is 7.52. The topological polar surface area (TPSA) is 69.7 Å². The van der Waals surface area contributed by atoms with Gasteiger partial charge < -0.3 is 14.2 Å². The zero-order chi connectivity index (χ0) is 19.7. The highest BCUT2D eigenvalue weighted by Crippen LogP contribution is 2.34. The van der Waals surface area contributed by atoms with Crippen LogP contribution >= 0.6 is 11.3 Å². The number of anilines is 1. The molecular weight excluding hydrogens is 376 g/mol. The van der Waals surface area contributed by atoms with Gasteiger partial charge in [0.25, 0.3) is 5.91 Å². The molecule has 0 saturated heterocycles. The fourth-order valence-electron chi connectivity index (χ4n) is 3.08. The number of nitrogens with zero attached hydrogens (tertiary/aromatic N) is 1. The molecule has 28 heavy (non-hydrogen) atoms. The number of aromatic nitrogens is 1. The van der Waals surface area contributed by atoms with Gasteiger partial charge in [0, 0.05) is 10.4 Å². The fourth-order valence-corrected chi connectivity index (χ4v) is 3.92. The number of amides is 1. The molecule has 1 aliphatic rings. The van der Waals surface area contributed by atoms with E-state index in [1.165, 1.54) is 11.3 Å². The first-order valence-corrected chi connectivity index (χ1v) is 9.68. The van der Waals surface area contributed by atoms with Gasteiger partial charge in [0.2, 0.25) is 6.10 Å². The summed E-state index contributed by atoms with van der Waals surface area (Å²) in [6.07, 6.45) is -0.717. The van der Waals surface area contributed by atoms with E-state index in [0.717, 1.165) is 27.4 Å². The lowest BCUT2D eigenvalue weighted by Gasteiger charge is -2.25. The van der Waals surface area contributed by atoms with E-state index in [9.17, 15) is 4.79 Å². The molecule has 2 heterocycles. The number of nitrogens with one attached hydrogen (secondary N) is 1. The lowest BCUT2D eigenvalue weighted by atomic mass is 10.1. The zero-order valence-electron chi connectivity index (χ0n) is 15.8. The number of carbonyl (C=O) groups excluding carboxylic acids is 1. The second-order valence-corrected chi connectivity index (χ2v) is 7.66. The Hall–Kier alpha value is -3.06. The molecule has 4 rings (SSSR count). The van der Waals surface area contributed by atoms with Crippen LogP contribution in [-0.4, -0.2) is 30.7 Å². The van der Waals surface area contributed by atoms with Crippen LogP contribution in [0.4, 0.5) is 5.13 Å². The van der Waals surface area contributed by atoms with Crippen LogP contribution in [0.3, 0.4) is 0 Å². The van der Waals surface area contributed by atoms with Gasteiger partial charge in [-0.1, -0.05) is 12.1 Å². The Morgan fingerprint density at radius 2 is 2.00 bits per heavy atom. The van der Waals surface area contributed by atoms with E-state index in [2.05, 4.69) is 10.3 Å². The number of para-hydroxylation sites is 2. The zero-order valence-corrected chi connectivity index (χ0v) is 16.6. The fraction of sp³-hybridized carbons (Fsp3) is 0.238. The SMILES string of the molecule is COc1ccc(-c2nc(NC(=O)C3COc4ccccc4O3)sc2C)cc1C. The van der Waals surface area contributed by atoms with Gasteiger partial charge in [-0.05, 0) is 49.7 Å². The predicted octanol–water partition coefficient (Wildman–Crippen LogP) is 4.21. The highest BCUT2D eigenvalue weighted by Gasteiger charge is 2.28. The average molecular weight is 396 g/mol. The smallest absolute Gasteiger partial charge is 0.270 e. The minimum Gasteiger partial charge on any atom is -0.496 e. The minimum atomic E-state index is -0.717. The molecule has 1 unspecified atom stereocenters. The number of fused-ring (bicyclic) bond motifs is 1. The monoisotopic (exact) mass is 396 g/mol. The van der Waals surface area contributed by atoms with Crippen LogP contribution in [0.2, 0.25) is 0 Å². The minimum absolute atomic E-state index is 0.164. The Labute approximate surface area is 167 Å². The van der Waals surface area contributed by atoms with Crippen LogP contribution in [-0.2, 0) is 4.79 Å². The Kier molecular flexibility index (Phi) is 4.92. The molecular formula is C21H20N2O4S. The number of aryl methyl sites for hydroxylation is 2. The molecule has 0 fully saturated rings. The number of thiazole rings is 1.